The third kappa shape index (κ3) is 2.64. The molecule has 1 unspecified atom stereocenters. The summed E-state index contributed by atoms with van der Waals surface area (Å²) in [6.07, 6.45) is 3.10. The summed E-state index contributed by atoms with van der Waals surface area (Å²) >= 11 is 6.27. The third-order valence-corrected chi connectivity index (χ3v) is 4.64. The maximum absolute atomic E-state index is 12.9. The fraction of sp³-hybridized carbons (Fsp3) is 0.500. The molecule has 0 aromatic heterocycles. The Morgan fingerprint density at radius 3 is 2.81 bits per heavy atom. The Morgan fingerprint density at radius 1 is 1.19 bits per heavy atom. The molecule has 0 spiro atoms. The van der Waals surface area contributed by atoms with Crippen LogP contribution in [0.5, 0.6) is 0 Å². The van der Waals surface area contributed by atoms with Gasteiger partial charge in [-0.3, -0.25) is 9.59 Å². The van der Waals surface area contributed by atoms with E-state index in [0.29, 0.717) is 24.5 Å². The SMILES string of the molecule is Cc1ccc(Cl)c(N2CCC(=O)N3CCCCC3C2=O)c1. The van der Waals surface area contributed by atoms with E-state index in [1.54, 1.807) is 9.80 Å². The number of piperidine rings is 1. The number of hydrogen-bond acceptors (Lipinski definition) is 2. The lowest BCUT2D eigenvalue weighted by molar-refractivity contribution is -0.138. The Bertz CT molecular complexity index is 588. The van der Waals surface area contributed by atoms with Gasteiger partial charge in [-0.1, -0.05) is 17.7 Å². The van der Waals surface area contributed by atoms with Crippen molar-refractivity contribution in [2.45, 2.75) is 38.6 Å². The van der Waals surface area contributed by atoms with Crippen LogP contribution in [-0.4, -0.2) is 35.8 Å². The summed E-state index contributed by atoms with van der Waals surface area (Å²) in [5.74, 6) is 0.0902. The highest BCUT2D eigenvalue weighted by atomic mass is 35.5. The highest BCUT2D eigenvalue weighted by Crippen LogP contribution is 2.31. The van der Waals surface area contributed by atoms with Gasteiger partial charge in [-0.15, -0.1) is 0 Å². The number of fused-ring (bicyclic) bond motifs is 1. The average molecular weight is 307 g/mol. The van der Waals surface area contributed by atoms with E-state index in [2.05, 4.69) is 0 Å². The second kappa shape index (κ2) is 5.68. The quantitative estimate of drug-likeness (QED) is 0.800. The lowest BCUT2D eigenvalue weighted by atomic mass is 10.0. The van der Waals surface area contributed by atoms with E-state index in [0.717, 1.165) is 30.5 Å². The number of nitrogens with zero attached hydrogens (tertiary/aromatic N) is 2. The van der Waals surface area contributed by atoms with Crippen LogP contribution >= 0.6 is 11.6 Å². The molecule has 2 aliphatic rings. The molecule has 21 heavy (non-hydrogen) atoms. The van der Waals surface area contributed by atoms with Crippen molar-refractivity contribution in [3.8, 4) is 0 Å². The lowest BCUT2D eigenvalue weighted by Gasteiger charge is -2.34. The Balaban J connectivity index is 1.97. The predicted octanol–water partition coefficient (Wildman–Crippen LogP) is 2.77. The maximum atomic E-state index is 12.9. The van der Waals surface area contributed by atoms with Crippen molar-refractivity contribution in [1.82, 2.24) is 4.90 Å². The summed E-state index contributed by atoms with van der Waals surface area (Å²) in [4.78, 5) is 28.6. The topological polar surface area (TPSA) is 40.6 Å². The van der Waals surface area contributed by atoms with Crippen LogP contribution in [0.25, 0.3) is 0 Å². The van der Waals surface area contributed by atoms with Gasteiger partial charge >= 0.3 is 0 Å². The van der Waals surface area contributed by atoms with Gasteiger partial charge in [-0.25, -0.2) is 0 Å². The molecule has 2 heterocycles. The highest BCUT2D eigenvalue weighted by Gasteiger charge is 2.38. The van der Waals surface area contributed by atoms with Crippen LogP contribution in [0.15, 0.2) is 18.2 Å². The first-order chi connectivity index (χ1) is 10.1. The van der Waals surface area contributed by atoms with Crippen molar-refractivity contribution in [3.05, 3.63) is 28.8 Å². The third-order valence-electron chi connectivity index (χ3n) is 4.32. The molecule has 1 atom stereocenters. The van der Waals surface area contributed by atoms with Crippen molar-refractivity contribution < 1.29 is 9.59 Å². The molecular weight excluding hydrogens is 288 g/mol. The van der Waals surface area contributed by atoms with Gasteiger partial charge in [0, 0.05) is 19.5 Å². The van der Waals surface area contributed by atoms with E-state index in [9.17, 15) is 9.59 Å². The molecular formula is C16H19ClN2O2. The van der Waals surface area contributed by atoms with E-state index in [1.807, 2.05) is 25.1 Å². The molecule has 2 saturated heterocycles. The van der Waals surface area contributed by atoms with Gasteiger partial charge in [-0.05, 0) is 43.9 Å². The van der Waals surface area contributed by atoms with E-state index >= 15 is 0 Å². The molecule has 0 saturated carbocycles. The number of aryl methyl sites for hydroxylation is 1. The Morgan fingerprint density at radius 2 is 2.00 bits per heavy atom. The fourth-order valence-corrected chi connectivity index (χ4v) is 3.42. The second-order valence-corrected chi connectivity index (χ2v) is 6.20. The van der Waals surface area contributed by atoms with Crippen LogP contribution in [0.1, 0.15) is 31.2 Å². The Labute approximate surface area is 129 Å². The summed E-state index contributed by atoms with van der Waals surface area (Å²) < 4.78 is 0. The first kappa shape index (κ1) is 14.4. The first-order valence-electron chi connectivity index (χ1n) is 7.45. The zero-order chi connectivity index (χ0) is 15.0. The largest absolute Gasteiger partial charge is 0.331 e. The van der Waals surface area contributed by atoms with Crippen LogP contribution < -0.4 is 4.90 Å². The van der Waals surface area contributed by atoms with Gasteiger partial charge in [0.05, 0.1) is 10.7 Å². The molecule has 1 aromatic rings. The number of benzene rings is 1. The van der Waals surface area contributed by atoms with Gasteiger partial charge in [0.2, 0.25) is 11.8 Å². The van der Waals surface area contributed by atoms with Gasteiger partial charge in [0.1, 0.15) is 6.04 Å². The van der Waals surface area contributed by atoms with Crippen molar-refractivity contribution in [1.29, 1.82) is 0 Å². The second-order valence-electron chi connectivity index (χ2n) is 5.79. The molecule has 112 valence electrons. The number of carbonyl (C=O) groups is 2. The van der Waals surface area contributed by atoms with Crippen molar-refractivity contribution in [2.75, 3.05) is 18.0 Å². The summed E-state index contributed by atoms with van der Waals surface area (Å²) in [5, 5.41) is 0.561. The summed E-state index contributed by atoms with van der Waals surface area (Å²) in [7, 11) is 0. The van der Waals surface area contributed by atoms with E-state index in [-0.39, 0.29) is 17.9 Å². The number of hydrogen-bond donors (Lipinski definition) is 0. The molecule has 2 fully saturated rings. The molecule has 4 nitrogen and oxygen atoms in total. The van der Waals surface area contributed by atoms with Gasteiger partial charge in [-0.2, -0.15) is 0 Å². The molecule has 2 aliphatic heterocycles. The first-order valence-corrected chi connectivity index (χ1v) is 7.83. The van der Waals surface area contributed by atoms with Crippen LogP contribution in [0, 0.1) is 6.92 Å². The van der Waals surface area contributed by atoms with Gasteiger partial charge in [0.15, 0.2) is 0 Å². The number of carbonyl (C=O) groups excluding carboxylic acids is 2. The van der Waals surface area contributed by atoms with Crippen LogP contribution in [0.3, 0.4) is 0 Å². The molecule has 5 heteroatoms. The molecule has 0 radical (unpaired) electrons. The summed E-state index contributed by atoms with van der Waals surface area (Å²) in [6.45, 7) is 3.08. The average Bonchev–Trinajstić information content (AvgIpc) is 2.61. The fourth-order valence-electron chi connectivity index (χ4n) is 3.20. The van der Waals surface area contributed by atoms with Gasteiger partial charge in [0.25, 0.3) is 0 Å². The van der Waals surface area contributed by atoms with Gasteiger partial charge < -0.3 is 9.80 Å². The Kier molecular flexibility index (Phi) is 3.89. The molecule has 1 aromatic carbocycles. The molecule has 0 bridgehead atoms. The zero-order valence-corrected chi connectivity index (χ0v) is 12.9. The standard InChI is InChI=1S/C16H19ClN2O2/c1-11-5-6-12(17)14(10-11)19-9-7-15(20)18-8-3-2-4-13(18)16(19)21/h5-6,10,13H,2-4,7-9H2,1H3. The van der Waals surface area contributed by atoms with Crippen LogP contribution in [0.2, 0.25) is 5.02 Å². The lowest BCUT2D eigenvalue weighted by Crippen LogP contribution is -2.49. The zero-order valence-electron chi connectivity index (χ0n) is 12.1. The smallest absolute Gasteiger partial charge is 0.249 e. The van der Waals surface area contributed by atoms with Crippen LogP contribution in [0.4, 0.5) is 5.69 Å². The monoisotopic (exact) mass is 306 g/mol. The van der Waals surface area contributed by atoms with E-state index < -0.39 is 0 Å². The number of anilines is 1. The minimum Gasteiger partial charge on any atom is -0.331 e. The molecule has 3 rings (SSSR count). The number of rotatable bonds is 1. The number of amides is 2. The highest BCUT2D eigenvalue weighted by molar-refractivity contribution is 6.34. The number of halogens is 1. The summed E-state index contributed by atoms with van der Waals surface area (Å²) in [5.41, 5.74) is 1.78. The minimum atomic E-state index is -0.315. The van der Waals surface area contributed by atoms with Crippen molar-refractivity contribution >= 4 is 29.1 Å². The molecule has 0 N–H and O–H groups in total. The molecule has 0 aliphatic carbocycles. The van der Waals surface area contributed by atoms with Crippen molar-refractivity contribution in [2.24, 2.45) is 0 Å². The maximum Gasteiger partial charge on any atom is 0.249 e. The predicted molar refractivity (Wildman–Crippen MR) is 82.5 cm³/mol. The normalized spacial score (nSPS) is 23.0. The minimum absolute atomic E-state index is 0.00745. The van der Waals surface area contributed by atoms with Crippen molar-refractivity contribution in [3.63, 3.8) is 0 Å². The van der Waals surface area contributed by atoms with E-state index in [4.69, 9.17) is 11.6 Å². The molecule has 2 amide bonds. The summed E-state index contributed by atoms with van der Waals surface area (Å²) in [6, 6.07) is 5.34. The van der Waals surface area contributed by atoms with E-state index in [1.165, 1.54) is 0 Å². The van der Waals surface area contributed by atoms with Crippen LogP contribution in [-0.2, 0) is 9.59 Å². The Hall–Kier alpha value is -1.55.